The van der Waals surface area contributed by atoms with Gasteiger partial charge in [-0.15, -0.1) is 0 Å². The van der Waals surface area contributed by atoms with Crippen molar-refractivity contribution in [1.82, 2.24) is 14.9 Å². The summed E-state index contributed by atoms with van der Waals surface area (Å²) in [6, 6.07) is 2.46. The summed E-state index contributed by atoms with van der Waals surface area (Å²) in [5, 5.41) is 0. The molecule has 1 atom stereocenters. The minimum atomic E-state index is 0.222. The van der Waals surface area contributed by atoms with Gasteiger partial charge in [-0.25, -0.2) is 9.97 Å². The summed E-state index contributed by atoms with van der Waals surface area (Å²) >= 11 is 0. The first-order chi connectivity index (χ1) is 11.9. The number of aromatic nitrogens is 2. The molecule has 2 aliphatic heterocycles. The molecule has 25 heavy (non-hydrogen) atoms. The number of rotatable bonds is 4. The van der Waals surface area contributed by atoms with E-state index in [0.717, 1.165) is 56.2 Å². The molecule has 1 spiro atoms. The Morgan fingerprint density at radius 1 is 1.24 bits per heavy atom. The van der Waals surface area contributed by atoms with E-state index in [4.69, 9.17) is 4.98 Å². The van der Waals surface area contributed by atoms with Gasteiger partial charge in [0.05, 0.1) is 0 Å². The zero-order chi connectivity index (χ0) is 18.0. The largest absolute Gasteiger partial charge is 0.356 e. The maximum Gasteiger partial charge on any atom is 0.222 e. The van der Waals surface area contributed by atoms with E-state index in [2.05, 4.69) is 41.6 Å². The van der Waals surface area contributed by atoms with Gasteiger partial charge < -0.3 is 9.80 Å². The summed E-state index contributed by atoms with van der Waals surface area (Å²) in [5.41, 5.74) is 1.37. The predicted octanol–water partition coefficient (Wildman–Crippen LogP) is 3.35. The van der Waals surface area contributed by atoms with E-state index in [1.54, 1.807) is 0 Å². The van der Waals surface area contributed by atoms with Gasteiger partial charge in [0.25, 0.3) is 0 Å². The molecule has 0 N–H and O–H groups in total. The van der Waals surface area contributed by atoms with E-state index in [9.17, 15) is 4.79 Å². The highest BCUT2D eigenvalue weighted by Gasteiger charge is 2.42. The number of piperidine rings is 2. The summed E-state index contributed by atoms with van der Waals surface area (Å²) in [6.07, 6.45) is 6.20. The molecule has 3 heterocycles. The van der Waals surface area contributed by atoms with Crippen LogP contribution in [0.25, 0.3) is 0 Å². The molecule has 1 amide bonds. The number of hydrogen-bond donors (Lipinski definition) is 0. The number of aryl methyl sites for hydroxylation is 2. The molecule has 0 radical (unpaired) electrons. The van der Waals surface area contributed by atoms with Crippen molar-refractivity contribution >= 4 is 11.7 Å². The molecular weight excluding hydrogens is 312 g/mol. The Bertz CT molecular complexity index is 630. The van der Waals surface area contributed by atoms with Gasteiger partial charge in [0.15, 0.2) is 0 Å². The number of carbonyl (C=O) groups is 1. The second kappa shape index (κ2) is 7.30. The van der Waals surface area contributed by atoms with E-state index >= 15 is 0 Å². The Morgan fingerprint density at radius 3 is 2.76 bits per heavy atom. The smallest absolute Gasteiger partial charge is 0.222 e. The van der Waals surface area contributed by atoms with Crippen molar-refractivity contribution in [2.45, 2.75) is 72.3 Å². The fourth-order valence-corrected chi connectivity index (χ4v) is 4.41. The van der Waals surface area contributed by atoms with Crippen LogP contribution in [0.2, 0.25) is 0 Å². The average Bonchev–Trinajstić information content (AvgIpc) is 2.57. The fourth-order valence-electron chi connectivity index (χ4n) is 4.41. The Hall–Kier alpha value is -1.65. The normalized spacial score (nSPS) is 24.4. The monoisotopic (exact) mass is 344 g/mol. The topological polar surface area (TPSA) is 49.3 Å². The second-order valence-corrected chi connectivity index (χ2v) is 8.16. The lowest BCUT2D eigenvalue weighted by Crippen LogP contribution is -2.55. The van der Waals surface area contributed by atoms with Crippen molar-refractivity contribution in [3.8, 4) is 0 Å². The second-order valence-electron chi connectivity index (χ2n) is 8.16. The molecule has 0 saturated carbocycles. The standard InChI is InChI=1S/C20H32N4O/c1-5-7-17-12-18(22-16(4)21-17)23-11-6-9-20(13-23)10-8-19(25)24(14-20)15(2)3/h12,15H,5-11,13-14H2,1-4H3. The van der Waals surface area contributed by atoms with Crippen LogP contribution in [0, 0.1) is 12.3 Å². The van der Waals surface area contributed by atoms with Crippen LogP contribution < -0.4 is 4.90 Å². The summed E-state index contributed by atoms with van der Waals surface area (Å²) in [4.78, 5) is 26.1. The van der Waals surface area contributed by atoms with Gasteiger partial charge in [-0.1, -0.05) is 13.3 Å². The van der Waals surface area contributed by atoms with Crippen LogP contribution in [-0.2, 0) is 11.2 Å². The van der Waals surface area contributed by atoms with Gasteiger partial charge in [-0.2, -0.15) is 0 Å². The average molecular weight is 345 g/mol. The number of anilines is 1. The highest BCUT2D eigenvalue weighted by atomic mass is 16.2. The van der Waals surface area contributed by atoms with Crippen LogP contribution in [0.3, 0.4) is 0 Å². The lowest BCUT2D eigenvalue weighted by molar-refractivity contribution is -0.140. The number of amides is 1. The highest BCUT2D eigenvalue weighted by Crippen LogP contribution is 2.40. The maximum absolute atomic E-state index is 12.3. The molecule has 2 fully saturated rings. The van der Waals surface area contributed by atoms with Crippen molar-refractivity contribution in [1.29, 1.82) is 0 Å². The van der Waals surface area contributed by atoms with E-state index in [1.165, 1.54) is 12.8 Å². The Morgan fingerprint density at radius 2 is 2.04 bits per heavy atom. The molecule has 5 nitrogen and oxygen atoms in total. The van der Waals surface area contributed by atoms with Gasteiger partial charge in [0, 0.05) is 49.3 Å². The zero-order valence-corrected chi connectivity index (χ0v) is 16.2. The third-order valence-electron chi connectivity index (χ3n) is 5.69. The molecule has 0 aromatic carbocycles. The highest BCUT2D eigenvalue weighted by molar-refractivity contribution is 5.77. The molecule has 1 aromatic heterocycles. The molecule has 3 rings (SSSR count). The molecule has 5 heteroatoms. The first kappa shape index (κ1) is 18.2. The molecule has 0 bridgehead atoms. The van der Waals surface area contributed by atoms with Crippen LogP contribution in [0.5, 0.6) is 0 Å². The minimum Gasteiger partial charge on any atom is -0.356 e. The quantitative estimate of drug-likeness (QED) is 0.840. The summed E-state index contributed by atoms with van der Waals surface area (Å²) in [6.45, 7) is 11.4. The zero-order valence-electron chi connectivity index (χ0n) is 16.2. The summed E-state index contributed by atoms with van der Waals surface area (Å²) in [7, 11) is 0. The summed E-state index contributed by atoms with van der Waals surface area (Å²) in [5.74, 6) is 2.26. The van der Waals surface area contributed by atoms with E-state index < -0.39 is 0 Å². The molecular formula is C20H32N4O. The van der Waals surface area contributed by atoms with Crippen molar-refractivity contribution < 1.29 is 4.79 Å². The van der Waals surface area contributed by atoms with Crippen LogP contribution in [0.4, 0.5) is 5.82 Å². The maximum atomic E-state index is 12.3. The fraction of sp³-hybridized carbons (Fsp3) is 0.750. The molecule has 0 aliphatic carbocycles. The van der Waals surface area contributed by atoms with Crippen LogP contribution >= 0.6 is 0 Å². The van der Waals surface area contributed by atoms with Gasteiger partial charge >= 0.3 is 0 Å². The number of carbonyl (C=O) groups excluding carboxylic acids is 1. The minimum absolute atomic E-state index is 0.222. The van der Waals surface area contributed by atoms with Crippen LogP contribution in [-0.4, -0.2) is 46.5 Å². The van der Waals surface area contributed by atoms with Crippen molar-refractivity contribution in [3.63, 3.8) is 0 Å². The van der Waals surface area contributed by atoms with E-state index in [0.29, 0.717) is 12.3 Å². The van der Waals surface area contributed by atoms with Crippen molar-refractivity contribution in [3.05, 3.63) is 17.6 Å². The third kappa shape index (κ3) is 3.96. The molecule has 2 aliphatic rings. The number of hydrogen-bond acceptors (Lipinski definition) is 4. The lowest BCUT2D eigenvalue weighted by Gasteiger charge is -2.49. The van der Waals surface area contributed by atoms with Gasteiger partial charge in [-0.3, -0.25) is 4.79 Å². The SMILES string of the molecule is CCCc1cc(N2CCCC3(CCC(=O)N(C(C)C)C3)C2)nc(C)n1. The van der Waals surface area contributed by atoms with Crippen LogP contribution in [0.15, 0.2) is 6.07 Å². The molecule has 1 aromatic rings. The summed E-state index contributed by atoms with van der Waals surface area (Å²) < 4.78 is 0. The third-order valence-corrected chi connectivity index (χ3v) is 5.69. The molecule has 2 saturated heterocycles. The molecule has 1 unspecified atom stereocenters. The van der Waals surface area contributed by atoms with Gasteiger partial charge in [0.1, 0.15) is 11.6 Å². The van der Waals surface area contributed by atoms with Crippen LogP contribution in [0.1, 0.15) is 64.4 Å². The van der Waals surface area contributed by atoms with Gasteiger partial charge in [0.2, 0.25) is 5.91 Å². The Labute approximate surface area is 151 Å². The Balaban J connectivity index is 1.80. The molecule has 138 valence electrons. The lowest BCUT2D eigenvalue weighted by atomic mass is 9.73. The predicted molar refractivity (Wildman–Crippen MR) is 101 cm³/mol. The number of likely N-dealkylation sites (tertiary alicyclic amines) is 1. The van der Waals surface area contributed by atoms with Crippen molar-refractivity contribution in [2.75, 3.05) is 24.5 Å². The first-order valence-electron chi connectivity index (χ1n) is 9.81. The van der Waals surface area contributed by atoms with Crippen molar-refractivity contribution in [2.24, 2.45) is 5.41 Å². The Kier molecular flexibility index (Phi) is 5.30. The van der Waals surface area contributed by atoms with Gasteiger partial charge in [-0.05, 0) is 46.5 Å². The first-order valence-corrected chi connectivity index (χ1v) is 9.81. The van der Waals surface area contributed by atoms with E-state index in [1.807, 2.05) is 6.92 Å². The number of nitrogens with zero attached hydrogens (tertiary/aromatic N) is 4. The van der Waals surface area contributed by atoms with E-state index in [-0.39, 0.29) is 11.5 Å².